The van der Waals surface area contributed by atoms with Crippen molar-refractivity contribution >= 4 is 24.2 Å². The Hall–Kier alpha value is 0.0800. The highest BCUT2D eigenvalue weighted by molar-refractivity contribution is 14.2. The maximum atomic E-state index is 2.44. The van der Waals surface area contributed by atoms with Gasteiger partial charge in [-0.1, -0.05) is 26.8 Å². The first kappa shape index (κ1) is 8.67. The molecule has 0 radical (unpaired) electrons. The van der Waals surface area contributed by atoms with Crippen molar-refractivity contribution < 1.29 is 0 Å². The number of allylic oxidation sites excluding steroid dienone is 4. The molecule has 1 aliphatic heterocycles. The van der Waals surface area contributed by atoms with E-state index in [-0.39, 0.29) is 20.7 Å². The molecule has 66 valence electrons. The predicted octanol–water partition coefficient (Wildman–Crippen LogP) is 3.94. The predicted molar refractivity (Wildman–Crippen MR) is 64.0 cm³/mol. The number of rotatable bonds is 0. The SMILES string of the molecule is CC1=C(C)I=C2CCCCC2=C1. The van der Waals surface area contributed by atoms with Crippen LogP contribution in [0.4, 0.5) is 0 Å². The van der Waals surface area contributed by atoms with Gasteiger partial charge in [-0.25, -0.2) is 0 Å². The summed E-state index contributed by atoms with van der Waals surface area (Å²) in [7, 11) is 0. The van der Waals surface area contributed by atoms with Crippen molar-refractivity contribution in [2.75, 3.05) is 0 Å². The molecule has 0 saturated heterocycles. The quantitative estimate of drug-likeness (QED) is 0.587. The number of hydrogen-bond donors (Lipinski definition) is 0. The molecule has 2 rings (SSSR count). The fraction of sp³-hybridized carbons (Fsp3) is 0.545. The van der Waals surface area contributed by atoms with E-state index in [4.69, 9.17) is 0 Å². The van der Waals surface area contributed by atoms with Crippen LogP contribution in [-0.2, 0) is 0 Å². The molecule has 1 heteroatoms. The topological polar surface area (TPSA) is 0 Å². The van der Waals surface area contributed by atoms with Gasteiger partial charge >= 0.3 is 0 Å². The summed E-state index contributed by atoms with van der Waals surface area (Å²) in [6.45, 7) is 4.59. The molecule has 0 amide bonds. The first-order valence-electron chi connectivity index (χ1n) is 4.66. The summed E-state index contributed by atoms with van der Waals surface area (Å²) in [6.07, 6.45) is 8.07. The summed E-state index contributed by atoms with van der Waals surface area (Å²) in [5.41, 5.74) is 3.26. The zero-order valence-corrected chi connectivity index (χ0v) is 9.94. The second-order valence-corrected chi connectivity index (χ2v) is 7.05. The van der Waals surface area contributed by atoms with Gasteiger partial charge in [-0.2, -0.15) is 0 Å². The smallest absolute Gasteiger partial charge is 0.0112 e. The second-order valence-electron chi connectivity index (χ2n) is 3.59. The van der Waals surface area contributed by atoms with Crippen LogP contribution in [0.2, 0.25) is 0 Å². The van der Waals surface area contributed by atoms with E-state index in [1.807, 2.05) is 3.51 Å². The Morgan fingerprint density at radius 2 is 1.92 bits per heavy atom. The highest BCUT2D eigenvalue weighted by Gasteiger charge is 2.15. The normalized spacial score (nSPS) is 23.8. The fourth-order valence-electron chi connectivity index (χ4n) is 1.76. The van der Waals surface area contributed by atoms with Crippen molar-refractivity contribution in [1.29, 1.82) is 0 Å². The molecule has 1 aliphatic carbocycles. The molecule has 0 aromatic carbocycles. The molecule has 1 saturated carbocycles. The van der Waals surface area contributed by atoms with Gasteiger partial charge in [0.25, 0.3) is 0 Å². The Labute approximate surface area is 84.5 Å². The molecule has 12 heavy (non-hydrogen) atoms. The molecule has 0 nitrogen and oxygen atoms in total. The number of hydrogen-bond acceptors (Lipinski definition) is 0. The summed E-state index contributed by atoms with van der Waals surface area (Å²) in [5, 5.41) is 0. The van der Waals surface area contributed by atoms with Crippen LogP contribution in [0.1, 0.15) is 39.5 Å². The first-order valence-corrected chi connectivity index (χ1v) is 6.82. The van der Waals surface area contributed by atoms with E-state index in [2.05, 4.69) is 19.9 Å². The van der Waals surface area contributed by atoms with E-state index in [1.54, 1.807) is 14.7 Å². The van der Waals surface area contributed by atoms with Crippen LogP contribution in [-0.4, -0.2) is 3.51 Å². The summed E-state index contributed by atoms with van der Waals surface area (Å²) in [5.74, 6) is 0. The van der Waals surface area contributed by atoms with Gasteiger partial charge in [-0.15, -0.1) is 0 Å². The van der Waals surface area contributed by atoms with Crippen molar-refractivity contribution in [3.05, 3.63) is 20.8 Å². The number of fused-ring (bicyclic) bond motifs is 1. The van der Waals surface area contributed by atoms with E-state index < -0.39 is 0 Å². The molecule has 0 unspecified atom stereocenters. The number of halogens is 1. The molecule has 2 aliphatic rings. The third-order valence-corrected chi connectivity index (χ3v) is 6.17. The van der Waals surface area contributed by atoms with Gasteiger partial charge in [0, 0.05) is 0 Å². The minimum absolute atomic E-state index is 0.278. The lowest BCUT2D eigenvalue weighted by molar-refractivity contribution is 0.740. The van der Waals surface area contributed by atoms with Gasteiger partial charge in [0.05, 0.1) is 0 Å². The lowest BCUT2D eigenvalue weighted by Gasteiger charge is -2.21. The van der Waals surface area contributed by atoms with Crippen molar-refractivity contribution in [3.8, 4) is 0 Å². The Morgan fingerprint density at radius 1 is 1.17 bits per heavy atom. The largest absolute Gasteiger partial charge is 0.0863 e. The van der Waals surface area contributed by atoms with Crippen molar-refractivity contribution in [1.82, 2.24) is 0 Å². The lowest BCUT2D eigenvalue weighted by atomic mass is 9.93. The van der Waals surface area contributed by atoms with E-state index in [0.717, 1.165) is 0 Å². The molecule has 0 aromatic rings. The minimum Gasteiger partial charge on any atom is -0.0863 e. The summed E-state index contributed by atoms with van der Waals surface area (Å²) in [4.78, 5) is 0. The van der Waals surface area contributed by atoms with E-state index >= 15 is 0 Å². The van der Waals surface area contributed by atoms with Gasteiger partial charge in [0.1, 0.15) is 0 Å². The molecule has 1 heterocycles. The maximum absolute atomic E-state index is 2.44. The highest BCUT2D eigenvalue weighted by Crippen LogP contribution is 2.35. The van der Waals surface area contributed by atoms with Crippen LogP contribution in [0.5, 0.6) is 0 Å². The highest BCUT2D eigenvalue weighted by atomic mass is 127. The average Bonchev–Trinajstić information content (AvgIpc) is 2.07. The molecule has 0 N–H and O–H groups in total. The Bertz CT molecular complexity index is 262. The van der Waals surface area contributed by atoms with Crippen LogP contribution in [0, 0.1) is 0 Å². The van der Waals surface area contributed by atoms with Gasteiger partial charge in [-0.05, 0) is 57.8 Å². The van der Waals surface area contributed by atoms with Gasteiger partial charge in [0.2, 0.25) is 0 Å². The van der Waals surface area contributed by atoms with Gasteiger partial charge in [-0.3, -0.25) is 0 Å². The second kappa shape index (κ2) is 3.44. The first-order chi connectivity index (χ1) is 5.77. The molecule has 0 spiro atoms. The van der Waals surface area contributed by atoms with Crippen molar-refractivity contribution in [2.24, 2.45) is 0 Å². The van der Waals surface area contributed by atoms with Crippen molar-refractivity contribution in [2.45, 2.75) is 39.5 Å². The molecule has 0 aromatic heterocycles. The van der Waals surface area contributed by atoms with Crippen LogP contribution in [0.25, 0.3) is 0 Å². The van der Waals surface area contributed by atoms with Gasteiger partial charge < -0.3 is 0 Å². The van der Waals surface area contributed by atoms with E-state index in [9.17, 15) is 0 Å². The summed E-state index contributed by atoms with van der Waals surface area (Å²) in [6, 6.07) is 0. The summed E-state index contributed by atoms with van der Waals surface area (Å²) >= 11 is 0.278. The fourth-order valence-corrected chi connectivity index (χ4v) is 4.74. The molecule has 0 atom stereocenters. The average molecular weight is 274 g/mol. The Morgan fingerprint density at radius 3 is 2.75 bits per heavy atom. The van der Waals surface area contributed by atoms with Crippen LogP contribution >= 0.6 is 20.7 Å². The zero-order valence-electron chi connectivity index (χ0n) is 7.78. The minimum atomic E-state index is 0.278. The standard InChI is InChI=1S/C11H15I/c1-8-7-10-5-3-4-6-11(10)12-9(8)2/h7H,3-6H2,1-2H3. The van der Waals surface area contributed by atoms with E-state index in [0.29, 0.717) is 0 Å². The lowest BCUT2D eigenvalue weighted by Crippen LogP contribution is -2.09. The zero-order chi connectivity index (χ0) is 8.55. The Kier molecular flexibility index (Phi) is 2.49. The van der Waals surface area contributed by atoms with Gasteiger partial charge in [0.15, 0.2) is 0 Å². The molecular weight excluding hydrogens is 259 g/mol. The van der Waals surface area contributed by atoms with Crippen molar-refractivity contribution in [3.63, 3.8) is 0 Å². The van der Waals surface area contributed by atoms with Crippen LogP contribution in [0.3, 0.4) is 0 Å². The van der Waals surface area contributed by atoms with E-state index in [1.165, 1.54) is 25.7 Å². The van der Waals surface area contributed by atoms with Crippen LogP contribution in [0.15, 0.2) is 20.8 Å². The maximum Gasteiger partial charge on any atom is -0.0112 e. The van der Waals surface area contributed by atoms with Crippen LogP contribution < -0.4 is 0 Å². The Balaban J connectivity index is 2.38. The third kappa shape index (κ3) is 1.56. The molecular formula is C11H15I. The molecule has 1 fully saturated rings. The summed E-state index contributed by atoms with van der Waals surface area (Å²) < 4.78 is 3.53. The molecule has 0 bridgehead atoms. The monoisotopic (exact) mass is 274 g/mol. The third-order valence-electron chi connectivity index (χ3n) is 2.63.